The molecule has 0 spiro atoms. The number of aliphatic carboxylic acids is 1. The highest BCUT2D eigenvalue weighted by Crippen LogP contribution is 2.33. The summed E-state index contributed by atoms with van der Waals surface area (Å²) in [6.07, 6.45) is -4.11. The second-order valence-corrected chi connectivity index (χ2v) is 5.64. The Kier molecular flexibility index (Phi) is 6.20. The van der Waals surface area contributed by atoms with Crippen molar-refractivity contribution in [1.82, 2.24) is 30.9 Å². The molecule has 0 saturated heterocycles. The quantitative estimate of drug-likeness (QED) is 0.491. The number of rotatable bonds is 2. The van der Waals surface area contributed by atoms with Crippen molar-refractivity contribution < 1.29 is 33.3 Å². The number of tetrazole rings is 1. The van der Waals surface area contributed by atoms with E-state index in [0.717, 1.165) is 29.9 Å². The molecule has 0 saturated carbocycles. The van der Waals surface area contributed by atoms with Crippen molar-refractivity contribution in [3.8, 4) is 5.75 Å². The predicted molar refractivity (Wildman–Crippen MR) is 89.9 cm³/mol. The van der Waals surface area contributed by atoms with Gasteiger partial charge in [-0.3, -0.25) is 0 Å². The first-order chi connectivity index (χ1) is 12.8. The summed E-state index contributed by atoms with van der Waals surface area (Å²) in [5.74, 6) is -1.23. The lowest BCUT2D eigenvalue weighted by molar-refractivity contribution is -0.192. The Bertz CT molecular complexity index is 941. The molecular formula is C15H17F3N6O4. The van der Waals surface area contributed by atoms with Crippen LogP contribution in [0, 0.1) is 0 Å². The van der Waals surface area contributed by atoms with E-state index in [2.05, 4.69) is 37.0 Å². The number of nitrogens with zero attached hydrogens (tertiary/aromatic N) is 3. The number of hydrogen-bond acceptors (Lipinski definition) is 6. The number of benzene rings is 1. The van der Waals surface area contributed by atoms with Gasteiger partial charge < -0.3 is 25.6 Å². The van der Waals surface area contributed by atoms with Gasteiger partial charge in [-0.15, -0.1) is 10.2 Å². The molecule has 1 aliphatic rings. The van der Waals surface area contributed by atoms with Gasteiger partial charge in [0.25, 0.3) is 0 Å². The molecule has 152 valence electrons. The van der Waals surface area contributed by atoms with Gasteiger partial charge in [0.1, 0.15) is 11.8 Å². The van der Waals surface area contributed by atoms with E-state index < -0.39 is 12.1 Å². The van der Waals surface area contributed by atoms with Crippen LogP contribution >= 0.6 is 0 Å². The molecule has 0 radical (unpaired) electrons. The number of methoxy groups -OCH3 is 1. The van der Waals surface area contributed by atoms with Crippen LogP contribution in [0.2, 0.25) is 0 Å². The van der Waals surface area contributed by atoms with Crippen LogP contribution in [0.3, 0.4) is 0 Å². The minimum absolute atomic E-state index is 0. The summed E-state index contributed by atoms with van der Waals surface area (Å²) in [6, 6.07) is 6.03. The lowest BCUT2D eigenvalue weighted by Gasteiger charge is -2.21. The van der Waals surface area contributed by atoms with Crippen molar-refractivity contribution in [1.29, 1.82) is 0 Å². The zero-order valence-corrected chi connectivity index (χ0v) is 14.5. The normalized spacial score (nSPS) is 15.8. The van der Waals surface area contributed by atoms with Crippen molar-refractivity contribution in [3.63, 3.8) is 0 Å². The first-order valence-corrected chi connectivity index (χ1v) is 7.76. The molecule has 4 rings (SSSR count). The number of hydrogen-bond donors (Lipinski definition) is 4. The van der Waals surface area contributed by atoms with Gasteiger partial charge in [-0.25, -0.2) is 4.79 Å². The van der Waals surface area contributed by atoms with Gasteiger partial charge in [0, 0.05) is 23.1 Å². The van der Waals surface area contributed by atoms with Gasteiger partial charge >= 0.3 is 12.1 Å². The minimum atomic E-state index is -5.08. The fraction of sp³-hybridized carbons (Fsp3) is 0.333. The summed E-state index contributed by atoms with van der Waals surface area (Å²) in [6.45, 7) is 0.885. The van der Waals surface area contributed by atoms with Crippen molar-refractivity contribution >= 4 is 16.9 Å². The minimum Gasteiger partial charge on any atom is -0.497 e. The topological polar surface area (TPSA) is 160 Å². The summed E-state index contributed by atoms with van der Waals surface area (Å²) >= 11 is 0. The van der Waals surface area contributed by atoms with Crippen LogP contribution in [0.15, 0.2) is 18.2 Å². The van der Waals surface area contributed by atoms with Crippen molar-refractivity contribution in [2.45, 2.75) is 18.6 Å². The largest absolute Gasteiger partial charge is 0.497 e. The van der Waals surface area contributed by atoms with Crippen LogP contribution in [0.25, 0.3) is 10.9 Å². The summed E-state index contributed by atoms with van der Waals surface area (Å²) in [4.78, 5) is 12.4. The lowest BCUT2D eigenvalue weighted by Crippen LogP contribution is -2.31. The van der Waals surface area contributed by atoms with E-state index in [1.807, 2.05) is 12.1 Å². The Hall–Kier alpha value is -3.19. The maximum Gasteiger partial charge on any atom is 0.490 e. The van der Waals surface area contributed by atoms with E-state index in [-0.39, 0.29) is 11.5 Å². The van der Waals surface area contributed by atoms with Crippen molar-refractivity contribution in [2.24, 2.45) is 0 Å². The number of carboxylic acid groups (broad SMARTS) is 1. The predicted octanol–water partition coefficient (Wildman–Crippen LogP) is 0.733. The maximum atomic E-state index is 10.6. The standard InChI is InChI=1S/C13H14N6O.C2HF3O2.H2O/c1-20-7-2-3-10-9(6-7)8-4-5-14-12(11(8)15-10)13-16-18-19-17-13;3-2(4,5)1(6)7;/h2-3,6,12,14-15H,4-5H2,1H3,(H,16,17,18,19);(H,6,7);1H2. The molecule has 6 N–H and O–H groups in total. The zero-order chi connectivity index (χ0) is 19.6. The zero-order valence-electron chi connectivity index (χ0n) is 14.5. The Morgan fingerprint density at radius 2 is 2.07 bits per heavy atom. The lowest BCUT2D eigenvalue weighted by atomic mass is 9.99. The number of ether oxygens (including phenoxy) is 1. The Balaban J connectivity index is 0.000000306. The summed E-state index contributed by atoms with van der Waals surface area (Å²) < 4.78 is 37.0. The van der Waals surface area contributed by atoms with E-state index in [4.69, 9.17) is 14.6 Å². The number of nitrogens with one attached hydrogen (secondary N) is 3. The number of H-pyrrole nitrogens is 2. The third kappa shape index (κ3) is 4.20. The smallest absolute Gasteiger partial charge is 0.490 e. The molecule has 1 unspecified atom stereocenters. The number of alkyl halides is 3. The first kappa shape index (κ1) is 21.1. The molecule has 3 heterocycles. The molecule has 2 aromatic heterocycles. The monoisotopic (exact) mass is 402 g/mol. The molecule has 1 aliphatic heterocycles. The van der Waals surface area contributed by atoms with Gasteiger partial charge in [-0.1, -0.05) is 5.21 Å². The Morgan fingerprint density at radius 1 is 1.36 bits per heavy atom. The van der Waals surface area contributed by atoms with Crippen molar-refractivity contribution in [2.75, 3.05) is 13.7 Å². The van der Waals surface area contributed by atoms with Crippen LogP contribution in [-0.2, 0) is 11.2 Å². The molecule has 0 aliphatic carbocycles. The number of aromatic amines is 2. The van der Waals surface area contributed by atoms with E-state index in [0.29, 0.717) is 5.82 Å². The second-order valence-electron chi connectivity index (χ2n) is 5.64. The van der Waals surface area contributed by atoms with E-state index in [1.165, 1.54) is 10.9 Å². The molecule has 0 fully saturated rings. The van der Waals surface area contributed by atoms with Gasteiger partial charge in [-0.2, -0.15) is 18.4 Å². The number of carboxylic acids is 1. The summed E-state index contributed by atoms with van der Waals surface area (Å²) in [7, 11) is 1.68. The molecule has 0 bridgehead atoms. The van der Waals surface area contributed by atoms with E-state index in [9.17, 15) is 13.2 Å². The average Bonchev–Trinajstić information content (AvgIpc) is 3.28. The molecule has 13 heteroatoms. The molecule has 28 heavy (non-hydrogen) atoms. The third-order valence-electron chi connectivity index (χ3n) is 4.02. The molecule has 3 aromatic rings. The highest BCUT2D eigenvalue weighted by atomic mass is 19.4. The number of halogens is 3. The van der Waals surface area contributed by atoms with Gasteiger partial charge in [0.2, 0.25) is 0 Å². The fourth-order valence-electron chi connectivity index (χ4n) is 2.85. The van der Waals surface area contributed by atoms with Gasteiger partial charge in [-0.05, 0) is 30.2 Å². The van der Waals surface area contributed by atoms with Crippen molar-refractivity contribution in [3.05, 3.63) is 35.3 Å². The number of aromatic nitrogens is 5. The van der Waals surface area contributed by atoms with Crippen LogP contribution in [0.1, 0.15) is 23.1 Å². The third-order valence-corrected chi connectivity index (χ3v) is 4.02. The van der Waals surface area contributed by atoms with E-state index >= 15 is 0 Å². The molecule has 0 amide bonds. The van der Waals surface area contributed by atoms with Crippen LogP contribution in [-0.4, -0.2) is 62.0 Å². The van der Waals surface area contributed by atoms with Crippen LogP contribution < -0.4 is 10.1 Å². The Labute approximate surface area is 155 Å². The van der Waals surface area contributed by atoms with Crippen LogP contribution in [0.4, 0.5) is 13.2 Å². The molecule has 1 aromatic carbocycles. The number of carbonyl (C=O) groups is 1. The van der Waals surface area contributed by atoms with Gasteiger partial charge in [0.05, 0.1) is 7.11 Å². The average molecular weight is 402 g/mol. The summed E-state index contributed by atoms with van der Waals surface area (Å²) in [5, 5.41) is 26.1. The fourth-order valence-corrected chi connectivity index (χ4v) is 2.85. The molecule has 10 nitrogen and oxygen atoms in total. The number of fused-ring (bicyclic) bond motifs is 3. The molecular weight excluding hydrogens is 385 g/mol. The Morgan fingerprint density at radius 3 is 2.64 bits per heavy atom. The maximum absolute atomic E-state index is 10.6. The SMILES string of the molecule is COc1ccc2[nH]c3c(c2c1)CCNC3c1nn[nH]n1.O.O=C(O)C(F)(F)F. The van der Waals surface area contributed by atoms with Gasteiger partial charge in [0.15, 0.2) is 5.82 Å². The van der Waals surface area contributed by atoms with E-state index in [1.54, 1.807) is 7.11 Å². The molecule has 1 atom stereocenters. The second kappa shape index (κ2) is 8.22. The highest BCUT2D eigenvalue weighted by molar-refractivity contribution is 5.86. The summed E-state index contributed by atoms with van der Waals surface area (Å²) in [5.41, 5.74) is 3.52. The van der Waals surface area contributed by atoms with Crippen LogP contribution in [0.5, 0.6) is 5.75 Å². The highest BCUT2D eigenvalue weighted by Gasteiger charge is 2.38. The first-order valence-electron chi connectivity index (χ1n) is 7.76.